The Morgan fingerprint density at radius 1 is 1.17 bits per heavy atom. The van der Waals surface area contributed by atoms with Gasteiger partial charge in [0.05, 0.1) is 25.2 Å². The molecular weight excluding hydrogens is 346 g/mol. The molecule has 0 aliphatic rings. The average molecular weight is 366 g/mol. The molecule has 1 N–H and O–H groups in total. The summed E-state index contributed by atoms with van der Waals surface area (Å²) >= 11 is 7.39. The molecule has 1 amide bonds. The molecule has 0 bridgehead atoms. The first-order chi connectivity index (χ1) is 11.7. The maximum Gasteiger partial charge on any atom is 0.234 e. The van der Waals surface area contributed by atoms with Gasteiger partial charge in [-0.1, -0.05) is 23.7 Å². The summed E-state index contributed by atoms with van der Waals surface area (Å²) in [4.78, 5) is 11.9. The Hall–Kier alpha value is -1.85. The van der Waals surface area contributed by atoms with Crippen molar-refractivity contribution in [3.63, 3.8) is 0 Å². The van der Waals surface area contributed by atoms with Crippen LogP contribution in [0.3, 0.4) is 0 Å². The third-order valence-electron chi connectivity index (χ3n) is 3.13. The fraction of sp³-hybridized carbons (Fsp3) is 0.278. The summed E-state index contributed by atoms with van der Waals surface area (Å²) in [6.07, 6.45) is 0.870. The van der Waals surface area contributed by atoms with Crippen LogP contribution in [-0.2, 0) is 4.79 Å². The first kappa shape index (κ1) is 18.5. The van der Waals surface area contributed by atoms with Gasteiger partial charge in [0.15, 0.2) is 0 Å². The molecule has 4 nitrogen and oxygen atoms in total. The van der Waals surface area contributed by atoms with Gasteiger partial charge in [-0.25, -0.2) is 0 Å². The number of hydrogen-bond acceptors (Lipinski definition) is 4. The lowest BCUT2D eigenvalue weighted by Gasteiger charge is -2.09. The van der Waals surface area contributed by atoms with E-state index < -0.39 is 0 Å². The van der Waals surface area contributed by atoms with Crippen LogP contribution in [0.25, 0.3) is 0 Å². The topological polar surface area (TPSA) is 47.6 Å². The van der Waals surface area contributed by atoms with Crippen molar-refractivity contribution in [3.8, 4) is 11.5 Å². The summed E-state index contributed by atoms with van der Waals surface area (Å²) in [5.74, 6) is 2.68. The summed E-state index contributed by atoms with van der Waals surface area (Å²) < 4.78 is 10.8. The first-order valence-electron chi connectivity index (χ1n) is 7.58. The van der Waals surface area contributed by atoms with Crippen LogP contribution in [0.2, 0.25) is 5.02 Å². The molecule has 6 heteroatoms. The number of nitrogens with one attached hydrogen (secondary N) is 1. The number of ether oxygens (including phenoxy) is 2. The van der Waals surface area contributed by atoms with Crippen LogP contribution in [0.4, 0.5) is 5.69 Å². The highest BCUT2D eigenvalue weighted by Crippen LogP contribution is 2.23. The van der Waals surface area contributed by atoms with E-state index in [-0.39, 0.29) is 5.91 Å². The summed E-state index contributed by atoms with van der Waals surface area (Å²) in [5.41, 5.74) is 0.691. The van der Waals surface area contributed by atoms with Crippen molar-refractivity contribution in [1.82, 2.24) is 0 Å². The van der Waals surface area contributed by atoms with Gasteiger partial charge in [-0.15, -0.1) is 0 Å². The van der Waals surface area contributed by atoms with Gasteiger partial charge in [0.25, 0.3) is 0 Å². The van der Waals surface area contributed by atoms with Crippen molar-refractivity contribution in [2.45, 2.75) is 6.42 Å². The predicted octanol–water partition coefficient (Wildman–Crippen LogP) is 4.49. The third kappa shape index (κ3) is 6.34. The van der Waals surface area contributed by atoms with E-state index in [9.17, 15) is 4.79 Å². The number of carbonyl (C=O) groups excluding carboxylic acids is 1. The molecule has 128 valence electrons. The van der Waals surface area contributed by atoms with Gasteiger partial charge in [0.1, 0.15) is 11.5 Å². The highest BCUT2D eigenvalue weighted by atomic mass is 35.5. The second-order valence-corrected chi connectivity index (χ2v) is 6.50. The summed E-state index contributed by atoms with van der Waals surface area (Å²) in [5, 5.41) is 3.55. The van der Waals surface area contributed by atoms with Crippen LogP contribution in [0.1, 0.15) is 6.42 Å². The van der Waals surface area contributed by atoms with Crippen LogP contribution < -0.4 is 14.8 Å². The van der Waals surface area contributed by atoms with Gasteiger partial charge in [0, 0.05) is 5.02 Å². The molecular formula is C18H20ClNO3S. The number of thioether (sulfide) groups is 1. The number of anilines is 1. The maximum absolute atomic E-state index is 11.9. The second kappa shape index (κ2) is 10.1. The molecule has 0 aliphatic carbocycles. The number of halogens is 1. The molecule has 0 saturated carbocycles. The SMILES string of the molecule is COc1ccccc1NC(=O)CSCCCOc1ccc(Cl)cc1. The highest BCUT2D eigenvalue weighted by Gasteiger charge is 2.06. The van der Waals surface area contributed by atoms with Crippen LogP contribution in [0.15, 0.2) is 48.5 Å². The lowest BCUT2D eigenvalue weighted by molar-refractivity contribution is -0.113. The number of carbonyl (C=O) groups is 1. The summed E-state index contributed by atoms with van der Waals surface area (Å²) in [6, 6.07) is 14.6. The fourth-order valence-electron chi connectivity index (χ4n) is 1.98. The summed E-state index contributed by atoms with van der Waals surface area (Å²) in [6.45, 7) is 0.614. The predicted molar refractivity (Wildman–Crippen MR) is 101 cm³/mol. The Morgan fingerprint density at radius 3 is 2.67 bits per heavy atom. The van der Waals surface area contributed by atoms with E-state index in [1.165, 1.54) is 0 Å². The number of rotatable bonds is 9. The Morgan fingerprint density at radius 2 is 1.92 bits per heavy atom. The van der Waals surface area contributed by atoms with Crippen molar-refractivity contribution in [2.24, 2.45) is 0 Å². The number of benzene rings is 2. The number of hydrogen-bond donors (Lipinski definition) is 1. The molecule has 0 heterocycles. The molecule has 0 saturated heterocycles. The molecule has 0 aromatic heterocycles. The largest absolute Gasteiger partial charge is 0.495 e. The Balaban J connectivity index is 1.60. The van der Waals surface area contributed by atoms with Gasteiger partial charge >= 0.3 is 0 Å². The second-order valence-electron chi connectivity index (χ2n) is 4.96. The normalized spacial score (nSPS) is 10.2. The minimum Gasteiger partial charge on any atom is -0.495 e. The van der Waals surface area contributed by atoms with E-state index in [1.54, 1.807) is 31.0 Å². The molecule has 0 aliphatic heterocycles. The molecule has 24 heavy (non-hydrogen) atoms. The molecule has 0 fully saturated rings. The van der Waals surface area contributed by atoms with E-state index in [4.69, 9.17) is 21.1 Å². The van der Waals surface area contributed by atoms with Gasteiger partial charge in [-0.05, 0) is 48.6 Å². The van der Waals surface area contributed by atoms with Gasteiger partial charge < -0.3 is 14.8 Å². The van der Waals surface area contributed by atoms with Crippen molar-refractivity contribution in [2.75, 3.05) is 30.5 Å². The Labute approximate surface area is 151 Å². The standard InChI is InChI=1S/C18H20ClNO3S/c1-22-17-6-3-2-5-16(17)20-18(21)13-24-12-4-11-23-15-9-7-14(19)8-10-15/h2-3,5-10H,4,11-13H2,1H3,(H,20,21). The number of para-hydroxylation sites is 2. The van der Waals surface area contributed by atoms with Crippen LogP contribution in [-0.4, -0.2) is 31.1 Å². The lowest BCUT2D eigenvalue weighted by atomic mass is 10.3. The van der Waals surface area contributed by atoms with Crippen molar-refractivity contribution < 1.29 is 14.3 Å². The van der Waals surface area contributed by atoms with Crippen LogP contribution in [0, 0.1) is 0 Å². The molecule has 0 unspecified atom stereocenters. The van der Waals surface area contributed by atoms with E-state index in [0.29, 0.717) is 28.8 Å². The molecule has 0 atom stereocenters. The van der Waals surface area contributed by atoms with Crippen LogP contribution >= 0.6 is 23.4 Å². The first-order valence-corrected chi connectivity index (χ1v) is 9.11. The zero-order valence-corrected chi connectivity index (χ0v) is 15.0. The number of methoxy groups -OCH3 is 1. The van der Waals surface area contributed by atoms with Crippen molar-refractivity contribution in [1.29, 1.82) is 0 Å². The van der Waals surface area contributed by atoms with E-state index in [2.05, 4.69) is 5.32 Å². The van der Waals surface area contributed by atoms with Crippen LogP contribution in [0.5, 0.6) is 11.5 Å². The van der Waals surface area contributed by atoms with Gasteiger partial charge in [-0.3, -0.25) is 4.79 Å². The zero-order valence-electron chi connectivity index (χ0n) is 13.5. The molecule has 2 rings (SSSR count). The average Bonchev–Trinajstić information content (AvgIpc) is 2.60. The Bertz CT molecular complexity index is 649. The molecule has 0 spiro atoms. The number of amides is 1. The van der Waals surface area contributed by atoms with Crippen molar-refractivity contribution >= 4 is 35.0 Å². The minimum absolute atomic E-state index is 0.0388. The monoisotopic (exact) mass is 365 g/mol. The molecule has 2 aromatic carbocycles. The van der Waals surface area contributed by atoms with Gasteiger partial charge in [-0.2, -0.15) is 11.8 Å². The zero-order chi connectivity index (χ0) is 17.2. The van der Waals surface area contributed by atoms with Gasteiger partial charge in [0.2, 0.25) is 5.91 Å². The van der Waals surface area contributed by atoms with E-state index in [1.807, 2.05) is 36.4 Å². The van der Waals surface area contributed by atoms with Crippen molar-refractivity contribution in [3.05, 3.63) is 53.6 Å². The maximum atomic E-state index is 11.9. The quantitative estimate of drug-likeness (QED) is 0.665. The van der Waals surface area contributed by atoms with E-state index >= 15 is 0 Å². The third-order valence-corrected chi connectivity index (χ3v) is 4.43. The highest BCUT2D eigenvalue weighted by molar-refractivity contribution is 7.99. The summed E-state index contributed by atoms with van der Waals surface area (Å²) in [7, 11) is 1.58. The minimum atomic E-state index is -0.0388. The lowest BCUT2D eigenvalue weighted by Crippen LogP contribution is -2.15. The molecule has 0 radical (unpaired) electrons. The Kier molecular flexibility index (Phi) is 7.79. The van der Waals surface area contributed by atoms with E-state index in [0.717, 1.165) is 17.9 Å². The fourth-order valence-corrected chi connectivity index (χ4v) is 2.83. The smallest absolute Gasteiger partial charge is 0.234 e. The molecule has 2 aromatic rings.